The van der Waals surface area contributed by atoms with E-state index in [0.29, 0.717) is 5.56 Å². The zero-order valence-electron chi connectivity index (χ0n) is 11.2. The number of rotatable bonds is 2. The summed E-state index contributed by atoms with van der Waals surface area (Å²) in [5.74, 6) is 0.944. The van der Waals surface area contributed by atoms with Gasteiger partial charge in [-0.25, -0.2) is 0 Å². The molecule has 20 heavy (non-hydrogen) atoms. The topological polar surface area (TPSA) is 81.7 Å². The summed E-state index contributed by atoms with van der Waals surface area (Å²) in [5.41, 5.74) is 8.66. The summed E-state index contributed by atoms with van der Waals surface area (Å²) >= 11 is 0. The highest BCUT2D eigenvalue weighted by Gasteiger charge is 2.19. The third-order valence-corrected chi connectivity index (χ3v) is 3.67. The molecule has 3 rings (SSSR count). The van der Waals surface area contributed by atoms with Crippen LogP contribution >= 0.6 is 0 Å². The predicted octanol–water partition coefficient (Wildman–Crippen LogP) is 1.88. The molecule has 0 spiro atoms. The summed E-state index contributed by atoms with van der Waals surface area (Å²) in [6.07, 6.45) is 2.20. The van der Waals surface area contributed by atoms with Crippen LogP contribution in [0.4, 0.5) is 5.82 Å². The number of nitrogens with zero attached hydrogens (tertiary/aromatic N) is 3. The van der Waals surface area contributed by atoms with Gasteiger partial charge < -0.3 is 10.6 Å². The maximum absolute atomic E-state index is 8.81. The molecule has 0 bridgehead atoms. The van der Waals surface area contributed by atoms with Gasteiger partial charge in [-0.15, -0.1) is 0 Å². The van der Waals surface area contributed by atoms with Gasteiger partial charge in [-0.05, 0) is 30.5 Å². The number of aromatic amines is 1. The molecule has 1 aliphatic rings. The summed E-state index contributed by atoms with van der Waals surface area (Å²) in [6.45, 7) is 1.86. The second-order valence-electron chi connectivity index (χ2n) is 5.18. The molecule has 2 heterocycles. The van der Waals surface area contributed by atoms with E-state index in [1.54, 1.807) is 0 Å². The lowest BCUT2D eigenvalue weighted by molar-refractivity contribution is 0.503. The first-order chi connectivity index (χ1) is 9.76. The molecule has 1 fully saturated rings. The first-order valence-electron chi connectivity index (χ1n) is 6.83. The number of hydrogen-bond acceptors (Lipinski definition) is 4. The number of benzene rings is 1. The van der Waals surface area contributed by atoms with Gasteiger partial charge >= 0.3 is 0 Å². The van der Waals surface area contributed by atoms with E-state index in [-0.39, 0.29) is 6.04 Å². The highest BCUT2D eigenvalue weighted by Crippen LogP contribution is 2.24. The summed E-state index contributed by atoms with van der Waals surface area (Å²) in [5, 5.41) is 16.2. The van der Waals surface area contributed by atoms with Gasteiger partial charge in [0, 0.05) is 25.2 Å². The normalized spacial score (nSPS) is 18.8. The molecular formula is C15H17N5. The van der Waals surface area contributed by atoms with Gasteiger partial charge in [0.05, 0.1) is 17.3 Å². The van der Waals surface area contributed by atoms with E-state index < -0.39 is 0 Å². The molecule has 2 aromatic rings. The quantitative estimate of drug-likeness (QED) is 0.870. The zero-order chi connectivity index (χ0) is 13.9. The molecule has 1 unspecified atom stereocenters. The van der Waals surface area contributed by atoms with Crippen molar-refractivity contribution in [2.24, 2.45) is 5.73 Å². The second-order valence-corrected chi connectivity index (χ2v) is 5.18. The molecule has 1 saturated heterocycles. The van der Waals surface area contributed by atoms with Crippen LogP contribution in [0.3, 0.4) is 0 Å². The standard InChI is InChI=1S/C15H17N5/c16-9-11-3-5-12(6-4-11)14-8-15(19-18-14)20-7-1-2-13(17)10-20/h3-6,8,13H,1-2,7,10,17H2,(H,18,19). The van der Waals surface area contributed by atoms with Crippen LogP contribution in [0.1, 0.15) is 18.4 Å². The van der Waals surface area contributed by atoms with Crippen molar-refractivity contribution in [1.29, 1.82) is 5.26 Å². The highest BCUT2D eigenvalue weighted by atomic mass is 15.3. The van der Waals surface area contributed by atoms with Crippen LogP contribution in [-0.4, -0.2) is 29.3 Å². The third-order valence-electron chi connectivity index (χ3n) is 3.67. The van der Waals surface area contributed by atoms with E-state index in [9.17, 15) is 0 Å². The molecule has 0 aliphatic carbocycles. The average molecular weight is 267 g/mol. The van der Waals surface area contributed by atoms with Gasteiger partial charge in [-0.1, -0.05) is 12.1 Å². The largest absolute Gasteiger partial charge is 0.354 e. The molecule has 5 heteroatoms. The molecule has 0 amide bonds. The van der Waals surface area contributed by atoms with Crippen molar-refractivity contribution in [2.75, 3.05) is 18.0 Å². The Bertz CT molecular complexity index is 622. The van der Waals surface area contributed by atoms with Crippen molar-refractivity contribution >= 4 is 5.82 Å². The highest BCUT2D eigenvalue weighted by molar-refractivity contribution is 5.64. The lowest BCUT2D eigenvalue weighted by Crippen LogP contribution is -2.43. The number of H-pyrrole nitrogens is 1. The minimum absolute atomic E-state index is 0.235. The van der Waals surface area contributed by atoms with Crippen LogP contribution in [0.5, 0.6) is 0 Å². The Kier molecular flexibility index (Phi) is 3.40. The van der Waals surface area contributed by atoms with Gasteiger partial charge in [0.25, 0.3) is 0 Å². The van der Waals surface area contributed by atoms with Crippen molar-refractivity contribution in [3.63, 3.8) is 0 Å². The van der Waals surface area contributed by atoms with Crippen molar-refractivity contribution in [1.82, 2.24) is 10.2 Å². The van der Waals surface area contributed by atoms with Gasteiger partial charge in [-0.2, -0.15) is 10.4 Å². The Hall–Kier alpha value is -2.32. The molecule has 1 aliphatic heterocycles. The first-order valence-corrected chi connectivity index (χ1v) is 6.83. The SMILES string of the molecule is N#Cc1ccc(-c2cc(N3CCCC(N)C3)n[nH]2)cc1. The lowest BCUT2D eigenvalue weighted by Gasteiger charge is -2.30. The minimum atomic E-state index is 0.235. The Morgan fingerprint density at radius 1 is 1.35 bits per heavy atom. The van der Waals surface area contributed by atoms with E-state index in [0.717, 1.165) is 43.0 Å². The van der Waals surface area contributed by atoms with Crippen LogP contribution in [0.2, 0.25) is 0 Å². The number of nitrogens with one attached hydrogen (secondary N) is 1. The van der Waals surface area contributed by atoms with Crippen molar-refractivity contribution < 1.29 is 0 Å². The van der Waals surface area contributed by atoms with E-state index in [4.69, 9.17) is 11.0 Å². The molecule has 1 atom stereocenters. The van der Waals surface area contributed by atoms with E-state index >= 15 is 0 Å². The van der Waals surface area contributed by atoms with E-state index in [1.807, 2.05) is 30.3 Å². The summed E-state index contributed by atoms with van der Waals surface area (Å²) in [4.78, 5) is 2.22. The molecule has 0 saturated carbocycles. The number of anilines is 1. The molecule has 0 radical (unpaired) electrons. The fourth-order valence-electron chi connectivity index (χ4n) is 2.56. The van der Waals surface area contributed by atoms with Crippen LogP contribution in [0.15, 0.2) is 30.3 Å². The Balaban J connectivity index is 1.80. The number of aromatic nitrogens is 2. The second kappa shape index (κ2) is 5.35. The maximum atomic E-state index is 8.81. The molecular weight excluding hydrogens is 250 g/mol. The monoisotopic (exact) mass is 267 g/mol. The molecule has 5 nitrogen and oxygen atoms in total. The molecule has 3 N–H and O–H groups in total. The van der Waals surface area contributed by atoms with Crippen molar-refractivity contribution in [2.45, 2.75) is 18.9 Å². The minimum Gasteiger partial charge on any atom is -0.354 e. The zero-order valence-corrected chi connectivity index (χ0v) is 11.2. The van der Waals surface area contributed by atoms with Gasteiger partial charge in [-0.3, -0.25) is 5.10 Å². The van der Waals surface area contributed by atoms with Crippen molar-refractivity contribution in [3.05, 3.63) is 35.9 Å². The molecule has 1 aromatic heterocycles. The van der Waals surface area contributed by atoms with Crippen LogP contribution in [0, 0.1) is 11.3 Å². The van der Waals surface area contributed by atoms with Crippen LogP contribution < -0.4 is 10.6 Å². The summed E-state index contributed by atoms with van der Waals surface area (Å²) in [6, 6.07) is 11.9. The van der Waals surface area contributed by atoms with E-state index in [1.165, 1.54) is 0 Å². The smallest absolute Gasteiger partial charge is 0.151 e. The maximum Gasteiger partial charge on any atom is 0.151 e. The van der Waals surface area contributed by atoms with Crippen LogP contribution in [-0.2, 0) is 0 Å². The number of piperidine rings is 1. The fraction of sp³-hybridized carbons (Fsp3) is 0.333. The summed E-state index contributed by atoms with van der Waals surface area (Å²) < 4.78 is 0. The number of hydrogen-bond donors (Lipinski definition) is 2. The Labute approximate surface area is 118 Å². The Morgan fingerprint density at radius 3 is 2.85 bits per heavy atom. The fourth-order valence-corrected chi connectivity index (χ4v) is 2.56. The number of nitriles is 1. The van der Waals surface area contributed by atoms with Gasteiger partial charge in [0.15, 0.2) is 5.82 Å². The predicted molar refractivity (Wildman–Crippen MR) is 78.2 cm³/mol. The van der Waals surface area contributed by atoms with Gasteiger partial charge in [0.2, 0.25) is 0 Å². The third kappa shape index (κ3) is 2.51. The summed E-state index contributed by atoms with van der Waals surface area (Å²) in [7, 11) is 0. The lowest BCUT2D eigenvalue weighted by atomic mass is 10.1. The van der Waals surface area contributed by atoms with Crippen LogP contribution in [0.25, 0.3) is 11.3 Å². The first kappa shape index (κ1) is 12.7. The molecule has 1 aromatic carbocycles. The van der Waals surface area contributed by atoms with E-state index in [2.05, 4.69) is 21.2 Å². The molecule has 102 valence electrons. The Morgan fingerprint density at radius 2 is 2.15 bits per heavy atom. The van der Waals surface area contributed by atoms with Gasteiger partial charge in [0.1, 0.15) is 0 Å². The number of nitrogens with two attached hydrogens (primary N) is 1. The average Bonchev–Trinajstić information content (AvgIpc) is 2.97. The van der Waals surface area contributed by atoms with Crippen molar-refractivity contribution in [3.8, 4) is 17.3 Å².